The molecule has 0 unspecified atom stereocenters. The first-order valence-electron chi connectivity index (χ1n) is 9.63. The number of hydrogen-bond acceptors (Lipinski definition) is 4. The highest BCUT2D eigenvalue weighted by molar-refractivity contribution is 7.91. The molecule has 1 aromatic carbocycles. The van der Waals surface area contributed by atoms with E-state index in [0.29, 0.717) is 16.9 Å². The van der Waals surface area contributed by atoms with Crippen LogP contribution in [0.25, 0.3) is 5.57 Å². The zero-order valence-corrected chi connectivity index (χ0v) is 16.8. The van der Waals surface area contributed by atoms with E-state index in [9.17, 15) is 8.42 Å². The predicted octanol–water partition coefficient (Wildman–Crippen LogP) is 3.47. The molecule has 5 heteroatoms. The number of nitrogens with zero attached hydrogens (tertiary/aromatic N) is 1. The van der Waals surface area contributed by atoms with Crippen molar-refractivity contribution >= 4 is 15.4 Å². The average molecular weight is 375 g/mol. The number of allylic oxidation sites excluding steroid dienone is 3. The molecule has 0 bridgehead atoms. The number of nitrogens with one attached hydrogen (secondary N) is 1. The van der Waals surface area contributed by atoms with E-state index < -0.39 is 9.84 Å². The summed E-state index contributed by atoms with van der Waals surface area (Å²) in [6, 6.07) is 7.80. The number of benzene rings is 1. The minimum Gasteiger partial charge on any atom is -0.368 e. The van der Waals surface area contributed by atoms with Gasteiger partial charge in [0.1, 0.15) is 0 Å². The van der Waals surface area contributed by atoms with Crippen molar-refractivity contribution in [3.63, 3.8) is 0 Å². The molecular weight excluding hydrogens is 344 g/mol. The SMILES string of the molecule is CCS(=O)(=O)c1ccc(C2=CC=C(C3CCNCC3)N(C(C)C)C2)cc1. The van der Waals surface area contributed by atoms with Crippen LogP contribution < -0.4 is 5.32 Å². The molecule has 2 aliphatic rings. The Hall–Kier alpha value is -1.59. The van der Waals surface area contributed by atoms with Gasteiger partial charge < -0.3 is 10.2 Å². The Morgan fingerprint density at radius 3 is 2.35 bits per heavy atom. The lowest BCUT2D eigenvalue weighted by atomic mass is 9.89. The molecule has 1 fully saturated rings. The maximum atomic E-state index is 12.0. The van der Waals surface area contributed by atoms with Crippen molar-refractivity contribution in [2.24, 2.45) is 5.92 Å². The van der Waals surface area contributed by atoms with Crippen molar-refractivity contribution in [3.8, 4) is 0 Å². The summed E-state index contributed by atoms with van der Waals surface area (Å²) in [4.78, 5) is 2.91. The van der Waals surface area contributed by atoms with Gasteiger partial charge in [-0.15, -0.1) is 0 Å². The lowest BCUT2D eigenvalue weighted by molar-refractivity contribution is 0.252. The summed E-state index contributed by atoms with van der Waals surface area (Å²) in [5.41, 5.74) is 3.80. The topological polar surface area (TPSA) is 49.4 Å². The number of rotatable bonds is 5. The van der Waals surface area contributed by atoms with Crippen LogP contribution in [0.3, 0.4) is 0 Å². The monoisotopic (exact) mass is 374 g/mol. The van der Waals surface area contributed by atoms with Gasteiger partial charge in [-0.2, -0.15) is 0 Å². The molecule has 0 amide bonds. The maximum absolute atomic E-state index is 12.0. The van der Waals surface area contributed by atoms with Gasteiger partial charge in [-0.1, -0.05) is 25.1 Å². The first kappa shape index (κ1) is 19.2. The van der Waals surface area contributed by atoms with Gasteiger partial charge in [0.05, 0.1) is 10.6 Å². The van der Waals surface area contributed by atoms with Gasteiger partial charge in [0.15, 0.2) is 9.84 Å². The zero-order chi connectivity index (χ0) is 18.7. The molecule has 142 valence electrons. The standard InChI is InChI=1S/C21H30N2O2S/c1-4-26(24,25)20-8-5-17(6-9-20)19-7-10-21(23(15-19)16(2)3)18-11-13-22-14-12-18/h5-10,16,18,22H,4,11-15H2,1-3H3. The third-order valence-electron chi connectivity index (χ3n) is 5.47. The van der Waals surface area contributed by atoms with E-state index in [2.05, 4.69) is 36.2 Å². The zero-order valence-electron chi connectivity index (χ0n) is 16.0. The largest absolute Gasteiger partial charge is 0.368 e. The number of piperidine rings is 1. The van der Waals surface area contributed by atoms with E-state index in [4.69, 9.17) is 0 Å². The summed E-state index contributed by atoms with van der Waals surface area (Å²) < 4.78 is 24.0. The van der Waals surface area contributed by atoms with Gasteiger partial charge >= 0.3 is 0 Å². The van der Waals surface area contributed by atoms with E-state index >= 15 is 0 Å². The van der Waals surface area contributed by atoms with Crippen molar-refractivity contribution in [1.82, 2.24) is 10.2 Å². The third kappa shape index (κ3) is 4.04. The van der Waals surface area contributed by atoms with Gasteiger partial charge in [0.25, 0.3) is 0 Å². The molecule has 0 aromatic heterocycles. The Balaban J connectivity index is 1.86. The summed E-state index contributed by atoms with van der Waals surface area (Å²) >= 11 is 0. The fourth-order valence-electron chi connectivity index (χ4n) is 3.81. The molecule has 3 rings (SSSR count). The van der Waals surface area contributed by atoms with Crippen LogP contribution in [0, 0.1) is 5.92 Å². The molecule has 1 N–H and O–H groups in total. The summed E-state index contributed by atoms with van der Waals surface area (Å²) in [6.45, 7) is 9.24. The molecule has 0 atom stereocenters. The Kier molecular flexibility index (Phi) is 5.88. The van der Waals surface area contributed by atoms with Crippen LogP contribution >= 0.6 is 0 Å². The van der Waals surface area contributed by atoms with Gasteiger partial charge in [-0.05, 0) is 69.1 Å². The molecule has 0 saturated carbocycles. The van der Waals surface area contributed by atoms with E-state index in [-0.39, 0.29) is 5.75 Å². The molecule has 26 heavy (non-hydrogen) atoms. The van der Waals surface area contributed by atoms with Gasteiger partial charge in [-0.25, -0.2) is 8.42 Å². The minimum absolute atomic E-state index is 0.137. The van der Waals surface area contributed by atoms with Crippen LogP contribution in [0.15, 0.2) is 47.0 Å². The van der Waals surface area contributed by atoms with Crippen molar-refractivity contribution in [2.75, 3.05) is 25.4 Å². The quantitative estimate of drug-likeness (QED) is 0.857. The van der Waals surface area contributed by atoms with E-state index in [1.54, 1.807) is 19.1 Å². The van der Waals surface area contributed by atoms with Crippen LogP contribution in [-0.4, -0.2) is 44.7 Å². The van der Waals surface area contributed by atoms with E-state index in [1.165, 1.54) is 24.1 Å². The van der Waals surface area contributed by atoms with E-state index in [1.807, 2.05) is 12.1 Å². The van der Waals surface area contributed by atoms with Crippen LogP contribution in [0.1, 0.15) is 39.2 Å². The summed E-state index contributed by atoms with van der Waals surface area (Å²) in [5, 5.41) is 3.44. The highest BCUT2D eigenvalue weighted by Gasteiger charge is 2.26. The van der Waals surface area contributed by atoms with Crippen molar-refractivity contribution < 1.29 is 8.42 Å². The highest BCUT2D eigenvalue weighted by Crippen LogP contribution is 2.32. The van der Waals surface area contributed by atoms with Gasteiger partial charge in [0, 0.05) is 24.2 Å². The lowest BCUT2D eigenvalue weighted by Crippen LogP contribution is -2.39. The highest BCUT2D eigenvalue weighted by atomic mass is 32.2. The van der Waals surface area contributed by atoms with Crippen molar-refractivity contribution in [1.29, 1.82) is 0 Å². The van der Waals surface area contributed by atoms with Gasteiger partial charge in [-0.3, -0.25) is 0 Å². The molecule has 2 heterocycles. The molecule has 1 aromatic rings. The summed E-state index contributed by atoms with van der Waals surface area (Å²) in [5.74, 6) is 0.770. The third-order valence-corrected chi connectivity index (χ3v) is 7.22. The lowest BCUT2D eigenvalue weighted by Gasteiger charge is -2.39. The molecule has 0 spiro atoms. The predicted molar refractivity (Wildman–Crippen MR) is 108 cm³/mol. The fourth-order valence-corrected chi connectivity index (χ4v) is 4.69. The maximum Gasteiger partial charge on any atom is 0.178 e. The van der Waals surface area contributed by atoms with Crippen molar-refractivity contribution in [2.45, 2.75) is 44.6 Å². The van der Waals surface area contributed by atoms with Crippen LogP contribution in [0.2, 0.25) is 0 Å². The Bertz CT molecular complexity index is 786. The second kappa shape index (κ2) is 7.97. The second-order valence-electron chi connectivity index (χ2n) is 7.46. The fraction of sp³-hybridized carbons (Fsp3) is 0.524. The minimum atomic E-state index is -3.14. The Labute approximate surface area is 157 Å². The second-order valence-corrected chi connectivity index (χ2v) is 9.74. The Morgan fingerprint density at radius 1 is 1.12 bits per heavy atom. The molecule has 0 radical (unpaired) electrons. The number of hydrogen-bond donors (Lipinski definition) is 1. The van der Waals surface area contributed by atoms with Crippen LogP contribution in [0.5, 0.6) is 0 Å². The van der Waals surface area contributed by atoms with Crippen LogP contribution in [0.4, 0.5) is 0 Å². The molecular formula is C21H30N2O2S. The molecule has 0 aliphatic carbocycles. The molecule has 1 saturated heterocycles. The Morgan fingerprint density at radius 2 is 1.77 bits per heavy atom. The summed E-state index contributed by atoms with van der Waals surface area (Å²) in [7, 11) is -3.14. The molecule has 2 aliphatic heterocycles. The normalized spacial score (nSPS) is 19.5. The molecule has 4 nitrogen and oxygen atoms in total. The van der Waals surface area contributed by atoms with Gasteiger partial charge in [0.2, 0.25) is 0 Å². The summed E-state index contributed by atoms with van der Waals surface area (Å²) in [6.07, 6.45) is 6.90. The van der Waals surface area contributed by atoms with Crippen molar-refractivity contribution in [3.05, 3.63) is 47.7 Å². The first-order valence-corrected chi connectivity index (χ1v) is 11.3. The first-order chi connectivity index (χ1) is 12.4. The van der Waals surface area contributed by atoms with E-state index in [0.717, 1.165) is 25.2 Å². The van der Waals surface area contributed by atoms with Crippen LogP contribution in [-0.2, 0) is 9.84 Å². The number of sulfone groups is 1. The average Bonchev–Trinajstić information content (AvgIpc) is 2.68. The smallest absolute Gasteiger partial charge is 0.178 e.